The molecule has 2 aliphatic heterocycles. The summed E-state index contributed by atoms with van der Waals surface area (Å²) in [5, 5.41) is 8.96. The van der Waals surface area contributed by atoms with Gasteiger partial charge in [0.05, 0.1) is 11.8 Å². The molecule has 1 aliphatic carbocycles. The van der Waals surface area contributed by atoms with Gasteiger partial charge in [0, 0.05) is 32.1 Å². The van der Waals surface area contributed by atoms with E-state index >= 15 is 0 Å². The lowest BCUT2D eigenvalue weighted by molar-refractivity contribution is -0.146. The van der Waals surface area contributed by atoms with Crippen molar-refractivity contribution in [1.82, 2.24) is 9.80 Å². The van der Waals surface area contributed by atoms with Crippen LogP contribution in [0.5, 0.6) is 0 Å². The average molecular weight is 280 g/mol. The summed E-state index contributed by atoms with van der Waals surface area (Å²) in [6.07, 6.45) is 3.50. The SMILES string of the molecule is O=C(O)C1CCN(C(=O)C2CC(=O)N(C3CC3)C2)CC1. The van der Waals surface area contributed by atoms with Crippen molar-refractivity contribution in [3.63, 3.8) is 0 Å². The molecule has 1 unspecified atom stereocenters. The second kappa shape index (κ2) is 5.07. The highest BCUT2D eigenvalue weighted by Crippen LogP contribution is 2.33. The van der Waals surface area contributed by atoms with Crippen LogP contribution in [0.25, 0.3) is 0 Å². The van der Waals surface area contributed by atoms with E-state index in [2.05, 4.69) is 0 Å². The van der Waals surface area contributed by atoms with Gasteiger partial charge in [-0.15, -0.1) is 0 Å². The molecule has 0 aromatic carbocycles. The Morgan fingerprint density at radius 3 is 2.25 bits per heavy atom. The molecule has 110 valence electrons. The van der Waals surface area contributed by atoms with Gasteiger partial charge in [-0.25, -0.2) is 0 Å². The smallest absolute Gasteiger partial charge is 0.306 e. The number of carbonyl (C=O) groups is 3. The summed E-state index contributed by atoms with van der Waals surface area (Å²) in [7, 11) is 0. The van der Waals surface area contributed by atoms with Crippen LogP contribution >= 0.6 is 0 Å². The molecular formula is C14H20N2O4. The standard InChI is InChI=1S/C14H20N2O4/c17-12-7-10(8-16(12)11-1-2-11)13(18)15-5-3-9(4-6-15)14(19)20/h9-11H,1-8H2,(H,19,20). The fourth-order valence-corrected chi connectivity index (χ4v) is 3.24. The van der Waals surface area contributed by atoms with Gasteiger partial charge in [0.2, 0.25) is 11.8 Å². The number of carbonyl (C=O) groups excluding carboxylic acids is 2. The van der Waals surface area contributed by atoms with Crippen molar-refractivity contribution in [2.45, 2.75) is 38.1 Å². The van der Waals surface area contributed by atoms with E-state index in [0.29, 0.717) is 44.9 Å². The third-order valence-corrected chi connectivity index (χ3v) is 4.65. The number of carboxylic acids is 1. The first-order chi connectivity index (χ1) is 9.56. The van der Waals surface area contributed by atoms with Crippen molar-refractivity contribution in [3.05, 3.63) is 0 Å². The summed E-state index contributed by atoms with van der Waals surface area (Å²) in [6.45, 7) is 1.56. The highest BCUT2D eigenvalue weighted by Gasteiger charge is 2.43. The molecule has 2 heterocycles. The third-order valence-electron chi connectivity index (χ3n) is 4.65. The Morgan fingerprint density at radius 1 is 1.05 bits per heavy atom. The largest absolute Gasteiger partial charge is 0.481 e. The fourth-order valence-electron chi connectivity index (χ4n) is 3.24. The molecule has 1 N–H and O–H groups in total. The van der Waals surface area contributed by atoms with Crippen LogP contribution < -0.4 is 0 Å². The Morgan fingerprint density at radius 2 is 1.70 bits per heavy atom. The van der Waals surface area contributed by atoms with Crippen molar-refractivity contribution >= 4 is 17.8 Å². The molecule has 20 heavy (non-hydrogen) atoms. The summed E-state index contributed by atoms with van der Waals surface area (Å²) in [6, 6.07) is 0.373. The molecule has 0 aromatic rings. The lowest BCUT2D eigenvalue weighted by atomic mass is 9.95. The lowest BCUT2D eigenvalue weighted by Crippen LogP contribution is -2.43. The van der Waals surface area contributed by atoms with E-state index in [1.807, 2.05) is 4.90 Å². The highest BCUT2D eigenvalue weighted by molar-refractivity contribution is 5.89. The molecule has 0 bridgehead atoms. The van der Waals surface area contributed by atoms with Crippen LogP contribution in [0.2, 0.25) is 0 Å². The van der Waals surface area contributed by atoms with Crippen molar-refractivity contribution < 1.29 is 19.5 Å². The third kappa shape index (κ3) is 2.51. The van der Waals surface area contributed by atoms with Crippen LogP contribution in [0, 0.1) is 11.8 Å². The first-order valence-electron chi connectivity index (χ1n) is 7.37. The Balaban J connectivity index is 1.55. The van der Waals surface area contributed by atoms with Gasteiger partial charge in [0.15, 0.2) is 0 Å². The van der Waals surface area contributed by atoms with E-state index in [1.54, 1.807) is 4.90 Å². The zero-order valence-corrected chi connectivity index (χ0v) is 11.5. The predicted octanol–water partition coefficient (Wildman–Crippen LogP) is 0.320. The van der Waals surface area contributed by atoms with Crippen LogP contribution in [-0.2, 0) is 14.4 Å². The summed E-state index contributed by atoms with van der Waals surface area (Å²) >= 11 is 0. The van der Waals surface area contributed by atoms with E-state index in [0.717, 1.165) is 12.8 Å². The molecule has 6 heteroatoms. The van der Waals surface area contributed by atoms with E-state index in [-0.39, 0.29) is 23.7 Å². The molecule has 2 amide bonds. The zero-order valence-electron chi connectivity index (χ0n) is 11.5. The van der Waals surface area contributed by atoms with Crippen molar-refractivity contribution in [2.75, 3.05) is 19.6 Å². The second-order valence-corrected chi connectivity index (χ2v) is 6.12. The van der Waals surface area contributed by atoms with Gasteiger partial charge in [0.1, 0.15) is 0 Å². The van der Waals surface area contributed by atoms with Crippen LogP contribution in [0.4, 0.5) is 0 Å². The van der Waals surface area contributed by atoms with Gasteiger partial charge in [-0.2, -0.15) is 0 Å². The average Bonchev–Trinajstić information content (AvgIpc) is 3.21. The number of piperidine rings is 1. The molecule has 3 fully saturated rings. The predicted molar refractivity (Wildman–Crippen MR) is 69.8 cm³/mol. The topological polar surface area (TPSA) is 77.9 Å². The first kappa shape index (κ1) is 13.4. The molecule has 0 radical (unpaired) electrons. The summed E-state index contributed by atoms with van der Waals surface area (Å²) < 4.78 is 0. The highest BCUT2D eigenvalue weighted by atomic mass is 16.4. The number of rotatable bonds is 3. The van der Waals surface area contributed by atoms with Crippen molar-refractivity contribution in [1.29, 1.82) is 0 Å². The van der Waals surface area contributed by atoms with Crippen molar-refractivity contribution in [3.8, 4) is 0 Å². The molecule has 3 aliphatic rings. The number of carboxylic acid groups (broad SMARTS) is 1. The molecule has 1 atom stereocenters. The Kier molecular flexibility index (Phi) is 3.40. The Bertz CT molecular complexity index is 438. The number of aliphatic carboxylic acids is 1. The molecule has 2 saturated heterocycles. The normalized spacial score (nSPS) is 28.0. The minimum absolute atomic E-state index is 0.0327. The molecule has 6 nitrogen and oxygen atoms in total. The maximum Gasteiger partial charge on any atom is 0.306 e. The number of amides is 2. The zero-order chi connectivity index (χ0) is 14.3. The molecule has 0 aromatic heterocycles. The van der Waals surface area contributed by atoms with E-state index in [1.165, 1.54) is 0 Å². The monoisotopic (exact) mass is 280 g/mol. The molecule has 0 spiro atoms. The minimum atomic E-state index is -0.770. The van der Waals surface area contributed by atoms with Gasteiger partial charge in [-0.3, -0.25) is 14.4 Å². The number of likely N-dealkylation sites (tertiary alicyclic amines) is 2. The molecule has 3 rings (SSSR count). The quantitative estimate of drug-likeness (QED) is 0.807. The Hall–Kier alpha value is -1.59. The summed E-state index contributed by atoms with van der Waals surface area (Å²) in [4.78, 5) is 38.8. The second-order valence-electron chi connectivity index (χ2n) is 6.12. The van der Waals surface area contributed by atoms with Crippen molar-refractivity contribution in [2.24, 2.45) is 11.8 Å². The van der Waals surface area contributed by atoms with E-state index in [9.17, 15) is 14.4 Å². The summed E-state index contributed by atoms with van der Waals surface area (Å²) in [5.41, 5.74) is 0. The lowest BCUT2D eigenvalue weighted by Gasteiger charge is -2.31. The van der Waals surface area contributed by atoms with Gasteiger partial charge in [0.25, 0.3) is 0 Å². The van der Waals surface area contributed by atoms with Gasteiger partial charge in [-0.1, -0.05) is 0 Å². The van der Waals surface area contributed by atoms with Gasteiger partial charge >= 0.3 is 5.97 Å². The number of hydrogen-bond donors (Lipinski definition) is 1. The van der Waals surface area contributed by atoms with E-state index < -0.39 is 5.97 Å². The minimum Gasteiger partial charge on any atom is -0.481 e. The van der Waals surface area contributed by atoms with Gasteiger partial charge in [-0.05, 0) is 25.7 Å². The van der Waals surface area contributed by atoms with Crippen LogP contribution in [-0.4, -0.2) is 58.4 Å². The molecule has 1 saturated carbocycles. The first-order valence-corrected chi connectivity index (χ1v) is 7.37. The van der Waals surface area contributed by atoms with Crippen LogP contribution in [0.1, 0.15) is 32.1 Å². The summed E-state index contributed by atoms with van der Waals surface area (Å²) in [5.74, 6) is -1.18. The van der Waals surface area contributed by atoms with Gasteiger partial charge < -0.3 is 14.9 Å². The maximum absolute atomic E-state index is 12.4. The number of hydrogen-bond acceptors (Lipinski definition) is 3. The molecular weight excluding hydrogens is 260 g/mol. The fraction of sp³-hybridized carbons (Fsp3) is 0.786. The Labute approximate surface area is 117 Å². The van der Waals surface area contributed by atoms with Crippen LogP contribution in [0.3, 0.4) is 0 Å². The van der Waals surface area contributed by atoms with Crippen LogP contribution in [0.15, 0.2) is 0 Å². The number of nitrogens with zero attached hydrogens (tertiary/aromatic N) is 2. The van der Waals surface area contributed by atoms with E-state index in [4.69, 9.17) is 5.11 Å². The maximum atomic E-state index is 12.4.